The Labute approximate surface area is 106 Å². The van der Waals surface area contributed by atoms with Crippen LogP contribution in [0.1, 0.15) is 47.0 Å². The molecule has 1 fully saturated rings. The third kappa shape index (κ3) is 7.02. The van der Waals surface area contributed by atoms with Crippen LogP contribution in [0, 0.1) is 5.92 Å². The maximum atomic E-state index is 5.91. The first-order valence-corrected chi connectivity index (χ1v) is 6.96. The Hall–Kier alpha value is -0.120. The minimum atomic E-state index is 0.0900. The highest BCUT2D eigenvalue weighted by Gasteiger charge is 2.30. The second-order valence-electron chi connectivity index (χ2n) is 6.06. The summed E-state index contributed by atoms with van der Waals surface area (Å²) in [5.74, 6) is 0.636. The molecule has 1 unspecified atom stereocenters. The first-order chi connectivity index (χ1) is 7.99. The second kappa shape index (κ2) is 7.34. The highest BCUT2D eigenvalue weighted by Crippen LogP contribution is 2.28. The number of nitrogens with one attached hydrogen (secondary N) is 1. The van der Waals surface area contributed by atoms with E-state index in [1.54, 1.807) is 0 Å². The minimum absolute atomic E-state index is 0.0900. The molecule has 102 valence electrons. The summed E-state index contributed by atoms with van der Waals surface area (Å²) >= 11 is 0. The zero-order chi connectivity index (χ0) is 12.7. The van der Waals surface area contributed by atoms with Gasteiger partial charge in [-0.2, -0.15) is 0 Å². The van der Waals surface area contributed by atoms with Crippen molar-refractivity contribution in [2.24, 2.45) is 5.92 Å². The van der Waals surface area contributed by atoms with Crippen LogP contribution in [-0.2, 0) is 9.47 Å². The highest BCUT2D eigenvalue weighted by atomic mass is 16.5. The molecule has 0 aromatic rings. The zero-order valence-corrected chi connectivity index (χ0v) is 11.9. The average Bonchev–Trinajstić information content (AvgIpc) is 2.56. The molecule has 0 aromatic heterocycles. The van der Waals surface area contributed by atoms with Gasteiger partial charge in [0, 0.05) is 19.8 Å². The minimum Gasteiger partial charge on any atom is -0.381 e. The third-order valence-electron chi connectivity index (χ3n) is 3.02. The molecule has 0 radical (unpaired) electrons. The van der Waals surface area contributed by atoms with E-state index in [2.05, 4.69) is 33.0 Å². The predicted molar refractivity (Wildman–Crippen MR) is 71.3 cm³/mol. The monoisotopic (exact) mass is 243 g/mol. The number of hydrogen-bond acceptors (Lipinski definition) is 3. The van der Waals surface area contributed by atoms with Crippen LogP contribution in [0.25, 0.3) is 0 Å². The topological polar surface area (TPSA) is 30.5 Å². The van der Waals surface area contributed by atoms with Gasteiger partial charge in [0.2, 0.25) is 0 Å². The van der Waals surface area contributed by atoms with Gasteiger partial charge in [-0.15, -0.1) is 0 Å². The van der Waals surface area contributed by atoms with Crippen LogP contribution in [0.15, 0.2) is 0 Å². The standard InChI is InChI=1S/C14H29NO2/c1-12(2)11-16-9-5-8-15-10-13-6-7-14(3,4)17-13/h12-13,15H,5-11H2,1-4H3. The van der Waals surface area contributed by atoms with E-state index in [1.165, 1.54) is 12.8 Å². The summed E-state index contributed by atoms with van der Waals surface area (Å²) < 4.78 is 11.4. The molecule has 0 saturated carbocycles. The van der Waals surface area contributed by atoms with Crippen LogP contribution in [0.5, 0.6) is 0 Å². The van der Waals surface area contributed by atoms with E-state index in [-0.39, 0.29) is 5.60 Å². The zero-order valence-electron chi connectivity index (χ0n) is 11.9. The maximum absolute atomic E-state index is 5.91. The average molecular weight is 243 g/mol. The first kappa shape index (κ1) is 14.9. The first-order valence-electron chi connectivity index (χ1n) is 6.96. The van der Waals surface area contributed by atoms with Crippen molar-refractivity contribution >= 4 is 0 Å². The van der Waals surface area contributed by atoms with Gasteiger partial charge in [-0.3, -0.25) is 0 Å². The van der Waals surface area contributed by atoms with Crippen molar-refractivity contribution in [3.63, 3.8) is 0 Å². The van der Waals surface area contributed by atoms with Crippen molar-refractivity contribution < 1.29 is 9.47 Å². The summed E-state index contributed by atoms with van der Waals surface area (Å²) in [6.45, 7) is 12.4. The fourth-order valence-corrected chi connectivity index (χ4v) is 2.10. The quantitative estimate of drug-likeness (QED) is 0.665. The van der Waals surface area contributed by atoms with E-state index in [4.69, 9.17) is 9.47 Å². The summed E-state index contributed by atoms with van der Waals surface area (Å²) in [6.07, 6.45) is 3.85. The van der Waals surface area contributed by atoms with Crippen LogP contribution >= 0.6 is 0 Å². The molecule has 1 aliphatic rings. The third-order valence-corrected chi connectivity index (χ3v) is 3.02. The predicted octanol–water partition coefficient (Wildman–Crippen LogP) is 2.60. The molecule has 1 aliphatic heterocycles. The van der Waals surface area contributed by atoms with Crippen molar-refractivity contribution in [3.8, 4) is 0 Å². The molecule has 0 bridgehead atoms. The van der Waals surface area contributed by atoms with Gasteiger partial charge < -0.3 is 14.8 Å². The Kier molecular flexibility index (Phi) is 6.45. The molecule has 1 N–H and O–H groups in total. The van der Waals surface area contributed by atoms with Gasteiger partial charge in [0.15, 0.2) is 0 Å². The molecule has 3 nitrogen and oxygen atoms in total. The van der Waals surface area contributed by atoms with Gasteiger partial charge in [0.25, 0.3) is 0 Å². The molecule has 1 saturated heterocycles. The van der Waals surface area contributed by atoms with Gasteiger partial charge in [-0.1, -0.05) is 13.8 Å². The van der Waals surface area contributed by atoms with Crippen LogP contribution in [0.3, 0.4) is 0 Å². The van der Waals surface area contributed by atoms with Gasteiger partial charge >= 0.3 is 0 Å². The van der Waals surface area contributed by atoms with Gasteiger partial charge in [-0.05, 0) is 45.6 Å². The van der Waals surface area contributed by atoms with Crippen molar-refractivity contribution in [2.75, 3.05) is 26.3 Å². The Balaban J connectivity index is 1.88. The molecule has 0 aliphatic carbocycles. The highest BCUT2D eigenvalue weighted by molar-refractivity contribution is 4.81. The smallest absolute Gasteiger partial charge is 0.0707 e. The summed E-state index contributed by atoms with van der Waals surface area (Å²) in [5, 5.41) is 3.45. The lowest BCUT2D eigenvalue weighted by Gasteiger charge is -2.19. The number of hydrogen-bond donors (Lipinski definition) is 1. The molecular formula is C14H29NO2. The molecule has 3 heteroatoms. The Morgan fingerprint density at radius 3 is 2.76 bits per heavy atom. The lowest BCUT2D eigenvalue weighted by molar-refractivity contribution is -0.0143. The molecule has 0 aromatic carbocycles. The lowest BCUT2D eigenvalue weighted by atomic mass is 10.1. The Bertz CT molecular complexity index is 204. The van der Waals surface area contributed by atoms with Crippen molar-refractivity contribution in [1.82, 2.24) is 5.32 Å². The van der Waals surface area contributed by atoms with E-state index in [0.29, 0.717) is 12.0 Å². The Morgan fingerprint density at radius 1 is 1.41 bits per heavy atom. The summed E-state index contributed by atoms with van der Waals surface area (Å²) in [5.41, 5.74) is 0.0900. The second-order valence-corrected chi connectivity index (χ2v) is 6.06. The van der Waals surface area contributed by atoms with Crippen LogP contribution < -0.4 is 5.32 Å². The summed E-state index contributed by atoms with van der Waals surface area (Å²) in [7, 11) is 0. The van der Waals surface area contributed by atoms with E-state index < -0.39 is 0 Å². The normalized spacial score (nSPS) is 23.5. The van der Waals surface area contributed by atoms with E-state index >= 15 is 0 Å². The van der Waals surface area contributed by atoms with Crippen LogP contribution in [-0.4, -0.2) is 38.0 Å². The van der Waals surface area contributed by atoms with Gasteiger partial charge in [0.1, 0.15) is 0 Å². The fourth-order valence-electron chi connectivity index (χ4n) is 2.10. The maximum Gasteiger partial charge on any atom is 0.0707 e. The molecule has 1 heterocycles. The summed E-state index contributed by atoms with van der Waals surface area (Å²) in [4.78, 5) is 0. The summed E-state index contributed by atoms with van der Waals surface area (Å²) in [6, 6.07) is 0. The fraction of sp³-hybridized carbons (Fsp3) is 1.00. The molecular weight excluding hydrogens is 214 g/mol. The largest absolute Gasteiger partial charge is 0.381 e. The molecule has 0 spiro atoms. The van der Waals surface area contributed by atoms with Crippen molar-refractivity contribution in [3.05, 3.63) is 0 Å². The number of rotatable bonds is 8. The van der Waals surface area contributed by atoms with E-state index in [9.17, 15) is 0 Å². The van der Waals surface area contributed by atoms with E-state index in [1.807, 2.05) is 0 Å². The number of ether oxygens (including phenoxy) is 2. The van der Waals surface area contributed by atoms with Gasteiger partial charge in [-0.25, -0.2) is 0 Å². The molecule has 17 heavy (non-hydrogen) atoms. The van der Waals surface area contributed by atoms with Crippen molar-refractivity contribution in [1.29, 1.82) is 0 Å². The molecule has 1 rings (SSSR count). The molecule has 0 amide bonds. The SMILES string of the molecule is CC(C)COCCCNCC1CCC(C)(C)O1. The molecule has 1 atom stereocenters. The Morgan fingerprint density at radius 2 is 2.18 bits per heavy atom. The van der Waals surface area contributed by atoms with E-state index in [0.717, 1.165) is 32.7 Å². The lowest BCUT2D eigenvalue weighted by Crippen LogP contribution is -2.30. The van der Waals surface area contributed by atoms with Crippen LogP contribution in [0.4, 0.5) is 0 Å². The van der Waals surface area contributed by atoms with Gasteiger partial charge in [0.05, 0.1) is 11.7 Å². The van der Waals surface area contributed by atoms with Crippen molar-refractivity contribution in [2.45, 2.75) is 58.7 Å². The van der Waals surface area contributed by atoms with Crippen LogP contribution in [0.2, 0.25) is 0 Å².